The minimum atomic E-state index is 0.703. The van der Waals surface area contributed by atoms with Gasteiger partial charge in [0.25, 0.3) is 0 Å². The van der Waals surface area contributed by atoms with Gasteiger partial charge in [0.1, 0.15) is 12.4 Å². The molecule has 1 aliphatic rings. The molecule has 1 aromatic carbocycles. The molecule has 1 aliphatic heterocycles. The Morgan fingerprint density at radius 2 is 2.25 bits per heavy atom. The van der Waals surface area contributed by atoms with Crippen LogP contribution >= 0.6 is 0 Å². The molecule has 0 aliphatic carbocycles. The zero-order valence-electron chi connectivity index (χ0n) is 11.6. The van der Waals surface area contributed by atoms with Crippen LogP contribution in [0.5, 0.6) is 5.75 Å². The normalized spacial score (nSPS) is 15.4. The number of benzene rings is 1. The zero-order chi connectivity index (χ0) is 13.8. The molecule has 0 unspecified atom stereocenters. The highest BCUT2D eigenvalue weighted by Crippen LogP contribution is 2.23. The van der Waals surface area contributed by atoms with Gasteiger partial charge >= 0.3 is 0 Å². The van der Waals surface area contributed by atoms with Crippen molar-refractivity contribution in [1.29, 1.82) is 0 Å². The van der Waals surface area contributed by atoms with Crippen LogP contribution in [0.2, 0.25) is 0 Å². The van der Waals surface area contributed by atoms with Crippen LogP contribution in [0.1, 0.15) is 17.0 Å². The average Bonchev–Trinajstić information content (AvgIpc) is 2.78. The summed E-state index contributed by atoms with van der Waals surface area (Å²) in [6, 6.07) is 10.2. The van der Waals surface area contributed by atoms with Crippen LogP contribution in [0, 0.1) is 0 Å². The molecule has 0 atom stereocenters. The molecular formula is C15H19N3O2. The van der Waals surface area contributed by atoms with E-state index in [-0.39, 0.29) is 0 Å². The Bertz CT molecular complexity index is 568. The number of hydrogen-bond donors (Lipinski definition) is 1. The fourth-order valence-electron chi connectivity index (χ4n) is 2.43. The molecule has 2 heterocycles. The van der Waals surface area contributed by atoms with Crippen molar-refractivity contribution in [1.82, 2.24) is 15.4 Å². The van der Waals surface area contributed by atoms with Crippen molar-refractivity contribution < 1.29 is 9.26 Å². The van der Waals surface area contributed by atoms with Crippen molar-refractivity contribution in [2.45, 2.75) is 19.6 Å². The van der Waals surface area contributed by atoms with Crippen molar-refractivity contribution in [3.63, 3.8) is 0 Å². The predicted molar refractivity (Wildman–Crippen MR) is 75.3 cm³/mol. The quantitative estimate of drug-likeness (QED) is 0.920. The Labute approximate surface area is 118 Å². The number of ether oxygens (including phenoxy) is 1. The second-order valence-electron chi connectivity index (χ2n) is 4.98. The van der Waals surface area contributed by atoms with E-state index in [9.17, 15) is 0 Å². The van der Waals surface area contributed by atoms with E-state index in [1.807, 2.05) is 31.3 Å². The van der Waals surface area contributed by atoms with Gasteiger partial charge in [-0.25, -0.2) is 0 Å². The molecule has 20 heavy (non-hydrogen) atoms. The molecule has 5 nitrogen and oxygen atoms in total. The van der Waals surface area contributed by atoms with Crippen molar-refractivity contribution in [2.75, 3.05) is 20.2 Å². The van der Waals surface area contributed by atoms with Crippen LogP contribution < -0.4 is 10.1 Å². The fraction of sp³-hybridized carbons (Fsp3) is 0.400. The van der Waals surface area contributed by atoms with E-state index in [1.54, 1.807) is 0 Å². The third-order valence-electron chi connectivity index (χ3n) is 3.38. The van der Waals surface area contributed by atoms with Crippen LogP contribution in [0.3, 0.4) is 0 Å². The Morgan fingerprint density at radius 1 is 1.35 bits per heavy atom. The van der Waals surface area contributed by atoms with Crippen LogP contribution in [-0.4, -0.2) is 30.3 Å². The van der Waals surface area contributed by atoms with E-state index in [1.165, 1.54) is 5.56 Å². The lowest BCUT2D eigenvalue weighted by atomic mass is 10.2. The first-order chi connectivity index (χ1) is 9.85. The number of fused-ring (bicyclic) bond motifs is 1. The second kappa shape index (κ2) is 6.07. The van der Waals surface area contributed by atoms with E-state index in [0.717, 1.165) is 43.4 Å². The highest BCUT2D eigenvalue weighted by molar-refractivity contribution is 5.33. The topological polar surface area (TPSA) is 50.5 Å². The molecule has 2 aromatic rings. The van der Waals surface area contributed by atoms with Gasteiger partial charge < -0.3 is 14.6 Å². The summed E-state index contributed by atoms with van der Waals surface area (Å²) in [5.74, 6) is 1.89. The third-order valence-corrected chi connectivity index (χ3v) is 3.38. The van der Waals surface area contributed by atoms with Gasteiger partial charge in [-0.1, -0.05) is 23.4 Å². The molecule has 0 bridgehead atoms. The maximum Gasteiger partial charge on any atom is 0.151 e. The number of nitrogens with one attached hydrogen (secondary N) is 1. The molecule has 1 N–H and O–H groups in total. The molecule has 3 rings (SSSR count). The van der Waals surface area contributed by atoms with Gasteiger partial charge in [0.05, 0.1) is 12.2 Å². The van der Waals surface area contributed by atoms with Gasteiger partial charge in [-0.05, 0) is 13.1 Å². The summed E-state index contributed by atoms with van der Waals surface area (Å²) in [5, 5.41) is 7.11. The summed E-state index contributed by atoms with van der Waals surface area (Å²) in [6.45, 7) is 3.95. The molecule has 5 heteroatoms. The molecule has 106 valence electrons. The molecule has 1 aromatic heterocycles. The number of hydrogen-bond acceptors (Lipinski definition) is 5. The lowest BCUT2D eigenvalue weighted by Crippen LogP contribution is -2.25. The number of nitrogens with zero attached hydrogens (tertiary/aromatic N) is 2. The van der Waals surface area contributed by atoms with Gasteiger partial charge in [0, 0.05) is 31.3 Å². The SMILES string of the molecule is CNCc1cc(CN2CCOc3ccccc3C2)on1. The van der Waals surface area contributed by atoms with E-state index in [2.05, 4.69) is 21.4 Å². The largest absolute Gasteiger partial charge is 0.492 e. The van der Waals surface area contributed by atoms with Crippen molar-refractivity contribution in [2.24, 2.45) is 0 Å². The van der Waals surface area contributed by atoms with Gasteiger partial charge in [-0.2, -0.15) is 0 Å². The van der Waals surface area contributed by atoms with E-state index in [4.69, 9.17) is 9.26 Å². The summed E-state index contributed by atoms with van der Waals surface area (Å²) in [7, 11) is 1.90. The van der Waals surface area contributed by atoms with Crippen molar-refractivity contribution >= 4 is 0 Å². The monoisotopic (exact) mass is 273 g/mol. The summed E-state index contributed by atoms with van der Waals surface area (Å²) in [4.78, 5) is 2.31. The van der Waals surface area contributed by atoms with Gasteiger partial charge in [0.2, 0.25) is 0 Å². The molecule has 0 spiro atoms. The molecule has 0 saturated carbocycles. The summed E-state index contributed by atoms with van der Waals surface area (Å²) >= 11 is 0. The number of aromatic nitrogens is 1. The Balaban J connectivity index is 1.68. The third kappa shape index (κ3) is 3.00. The first-order valence-corrected chi connectivity index (χ1v) is 6.87. The second-order valence-corrected chi connectivity index (χ2v) is 4.98. The van der Waals surface area contributed by atoms with Crippen LogP contribution in [0.4, 0.5) is 0 Å². The predicted octanol–water partition coefficient (Wildman–Crippen LogP) is 1.79. The first kappa shape index (κ1) is 13.1. The molecule has 0 saturated heterocycles. The maximum atomic E-state index is 5.76. The van der Waals surface area contributed by atoms with Crippen molar-refractivity contribution in [3.05, 3.63) is 47.3 Å². The number of rotatable bonds is 4. The summed E-state index contributed by atoms with van der Waals surface area (Å²) in [6.07, 6.45) is 0. The average molecular weight is 273 g/mol. The highest BCUT2D eigenvalue weighted by atomic mass is 16.5. The van der Waals surface area contributed by atoms with Crippen LogP contribution in [0.15, 0.2) is 34.9 Å². The summed E-state index contributed by atoms with van der Waals surface area (Å²) in [5.41, 5.74) is 2.16. The van der Waals surface area contributed by atoms with Crippen LogP contribution in [-0.2, 0) is 19.6 Å². The van der Waals surface area contributed by atoms with Gasteiger partial charge in [0.15, 0.2) is 5.76 Å². The Kier molecular flexibility index (Phi) is 3.99. The zero-order valence-corrected chi connectivity index (χ0v) is 11.6. The molecule has 0 radical (unpaired) electrons. The highest BCUT2D eigenvalue weighted by Gasteiger charge is 2.16. The van der Waals surface area contributed by atoms with Gasteiger partial charge in [-0.15, -0.1) is 0 Å². The van der Waals surface area contributed by atoms with Gasteiger partial charge in [-0.3, -0.25) is 4.90 Å². The molecule has 0 fully saturated rings. The Hall–Kier alpha value is -1.85. The lowest BCUT2D eigenvalue weighted by Gasteiger charge is -2.17. The molecule has 0 amide bonds. The van der Waals surface area contributed by atoms with E-state index < -0.39 is 0 Å². The molecular weight excluding hydrogens is 254 g/mol. The van der Waals surface area contributed by atoms with Crippen LogP contribution in [0.25, 0.3) is 0 Å². The summed E-state index contributed by atoms with van der Waals surface area (Å²) < 4.78 is 11.1. The Morgan fingerprint density at radius 3 is 3.15 bits per heavy atom. The minimum absolute atomic E-state index is 0.703. The number of para-hydroxylation sites is 1. The van der Waals surface area contributed by atoms with E-state index in [0.29, 0.717) is 6.61 Å². The lowest BCUT2D eigenvalue weighted by molar-refractivity contribution is 0.199. The standard InChI is InChI=1S/C15H19N3O2/c1-16-9-13-8-14(20-17-13)11-18-6-7-19-15-5-3-2-4-12(15)10-18/h2-5,8,16H,6-7,9-11H2,1H3. The smallest absolute Gasteiger partial charge is 0.151 e. The van der Waals surface area contributed by atoms with Crippen molar-refractivity contribution in [3.8, 4) is 5.75 Å². The first-order valence-electron chi connectivity index (χ1n) is 6.87. The van der Waals surface area contributed by atoms with E-state index >= 15 is 0 Å². The minimum Gasteiger partial charge on any atom is -0.492 e. The maximum absolute atomic E-state index is 5.76. The fourth-order valence-corrected chi connectivity index (χ4v) is 2.43.